The topological polar surface area (TPSA) is 54.0 Å². The van der Waals surface area contributed by atoms with Crippen LogP contribution in [0.1, 0.15) is 25.5 Å². The van der Waals surface area contributed by atoms with Gasteiger partial charge in [0, 0.05) is 22.9 Å². The van der Waals surface area contributed by atoms with Crippen LogP contribution in [0.4, 0.5) is 5.69 Å². The molecule has 1 aromatic heterocycles. The summed E-state index contributed by atoms with van der Waals surface area (Å²) < 4.78 is 0.868. The fourth-order valence-corrected chi connectivity index (χ4v) is 2.39. The lowest BCUT2D eigenvalue weighted by Gasteiger charge is -2.20. The van der Waals surface area contributed by atoms with E-state index in [0.717, 1.165) is 15.7 Å². The summed E-state index contributed by atoms with van der Waals surface area (Å²) in [6, 6.07) is 11.2. The minimum Gasteiger partial charge on any atom is -0.324 e. The molecule has 0 aliphatic heterocycles. The quantitative estimate of drug-likeness (QED) is 0.869. The van der Waals surface area contributed by atoms with Crippen LogP contribution in [-0.2, 0) is 4.79 Å². The third kappa shape index (κ3) is 4.37. The number of para-hydroxylation sites is 1. The van der Waals surface area contributed by atoms with Gasteiger partial charge in [0.1, 0.15) is 0 Å². The zero-order chi connectivity index (χ0) is 15.2. The highest BCUT2D eigenvalue weighted by molar-refractivity contribution is 9.10. The highest BCUT2D eigenvalue weighted by Crippen LogP contribution is 2.21. The molecule has 2 rings (SSSR count). The molecule has 2 atom stereocenters. The second-order valence-corrected chi connectivity index (χ2v) is 5.71. The molecule has 4 nitrogen and oxygen atoms in total. The number of halogens is 1. The molecule has 0 aliphatic carbocycles. The van der Waals surface area contributed by atoms with Gasteiger partial charge in [-0.25, -0.2) is 0 Å². The summed E-state index contributed by atoms with van der Waals surface area (Å²) in [7, 11) is 0. The van der Waals surface area contributed by atoms with Crippen molar-refractivity contribution >= 4 is 27.5 Å². The first-order chi connectivity index (χ1) is 10.1. The lowest BCUT2D eigenvalue weighted by molar-refractivity contribution is -0.117. The van der Waals surface area contributed by atoms with E-state index >= 15 is 0 Å². The molecule has 21 heavy (non-hydrogen) atoms. The molecule has 0 saturated carbocycles. The maximum atomic E-state index is 12.2. The van der Waals surface area contributed by atoms with Crippen molar-refractivity contribution in [3.8, 4) is 0 Å². The largest absolute Gasteiger partial charge is 0.324 e. The number of pyridine rings is 1. The molecule has 110 valence electrons. The fourth-order valence-electron chi connectivity index (χ4n) is 2.00. The van der Waals surface area contributed by atoms with Gasteiger partial charge in [-0.2, -0.15) is 0 Å². The lowest BCUT2D eigenvalue weighted by Crippen LogP contribution is -2.39. The first-order valence-corrected chi connectivity index (χ1v) is 7.58. The number of rotatable bonds is 5. The van der Waals surface area contributed by atoms with E-state index in [0.29, 0.717) is 0 Å². The number of hydrogen-bond acceptors (Lipinski definition) is 3. The summed E-state index contributed by atoms with van der Waals surface area (Å²) in [4.78, 5) is 16.2. The Morgan fingerprint density at radius 3 is 2.48 bits per heavy atom. The molecular formula is C16H18BrN3O. The number of hydrogen-bond donors (Lipinski definition) is 2. The summed E-state index contributed by atoms with van der Waals surface area (Å²) in [5, 5.41) is 6.19. The smallest absolute Gasteiger partial charge is 0.241 e. The van der Waals surface area contributed by atoms with Crippen LogP contribution < -0.4 is 10.6 Å². The predicted molar refractivity (Wildman–Crippen MR) is 88.0 cm³/mol. The highest BCUT2D eigenvalue weighted by Gasteiger charge is 2.16. The van der Waals surface area contributed by atoms with Crippen molar-refractivity contribution in [1.82, 2.24) is 10.3 Å². The van der Waals surface area contributed by atoms with E-state index in [1.807, 2.05) is 50.2 Å². The van der Waals surface area contributed by atoms with Crippen molar-refractivity contribution in [2.24, 2.45) is 0 Å². The molecule has 5 heteroatoms. The van der Waals surface area contributed by atoms with E-state index in [2.05, 4.69) is 31.5 Å². The van der Waals surface area contributed by atoms with Crippen LogP contribution in [0.2, 0.25) is 0 Å². The van der Waals surface area contributed by atoms with Crippen LogP contribution in [0.25, 0.3) is 0 Å². The molecule has 1 heterocycles. The molecule has 0 unspecified atom stereocenters. The SMILES string of the molecule is C[C@H](N[C@H](C)c1ccncc1)C(=O)Nc1ccccc1Br. The Morgan fingerprint density at radius 2 is 1.81 bits per heavy atom. The molecule has 0 aliphatic rings. The van der Waals surface area contributed by atoms with Crippen LogP contribution in [0.3, 0.4) is 0 Å². The van der Waals surface area contributed by atoms with Gasteiger partial charge in [-0.15, -0.1) is 0 Å². The molecule has 2 aromatic rings. The van der Waals surface area contributed by atoms with Crippen molar-refractivity contribution in [2.75, 3.05) is 5.32 Å². The van der Waals surface area contributed by atoms with E-state index < -0.39 is 0 Å². The molecule has 0 radical (unpaired) electrons. The number of anilines is 1. The highest BCUT2D eigenvalue weighted by atomic mass is 79.9. The van der Waals surface area contributed by atoms with Crippen LogP contribution in [0.15, 0.2) is 53.3 Å². The minimum atomic E-state index is -0.305. The third-order valence-corrected chi connectivity index (χ3v) is 3.92. The zero-order valence-electron chi connectivity index (χ0n) is 12.0. The number of carbonyl (C=O) groups excluding carboxylic acids is 1. The Kier molecular flexibility index (Phi) is 5.47. The Balaban J connectivity index is 1.95. The average Bonchev–Trinajstić information content (AvgIpc) is 2.50. The summed E-state index contributed by atoms with van der Waals surface area (Å²) in [5.41, 5.74) is 1.87. The number of nitrogens with zero attached hydrogens (tertiary/aromatic N) is 1. The van der Waals surface area contributed by atoms with E-state index in [1.54, 1.807) is 12.4 Å². The predicted octanol–water partition coefficient (Wildman–Crippen LogP) is 3.52. The van der Waals surface area contributed by atoms with Crippen molar-refractivity contribution in [1.29, 1.82) is 0 Å². The van der Waals surface area contributed by atoms with Crippen LogP contribution in [0.5, 0.6) is 0 Å². The molecule has 0 fully saturated rings. The first-order valence-electron chi connectivity index (χ1n) is 6.79. The fraction of sp³-hybridized carbons (Fsp3) is 0.250. The summed E-state index contributed by atoms with van der Waals surface area (Å²) in [5.74, 6) is -0.0668. The van der Waals surface area contributed by atoms with Crippen LogP contribution in [0, 0.1) is 0 Å². The third-order valence-electron chi connectivity index (χ3n) is 3.23. The van der Waals surface area contributed by atoms with E-state index in [1.165, 1.54) is 0 Å². The number of amides is 1. The maximum Gasteiger partial charge on any atom is 0.241 e. The Morgan fingerprint density at radius 1 is 1.14 bits per heavy atom. The zero-order valence-corrected chi connectivity index (χ0v) is 13.6. The van der Waals surface area contributed by atoms with Gasteiger partial charge in [0.2, 0.25) is 5.91 Å². The van der Waals surface area contributed by atoms with Gasteiger partial charge in [-0.05, 0) is 59.6 Å². The Hall–Kier alpha value is -1.72. The van der Waals surface area contributed by atoms with Gasteiger partial charge >= 0.3 is 0 Å². The molecule has 0 saturated heterocycles. The van der Waals surface area contributed by atoms with Gasteiger partial charge in [-0.3, -0.25) is 15.1 Å². The molecule has 1 aromatic carbocycles. The van der Waals surface area contributed by atoms with Crippen molar-refractivity contribution in [3.05, 3.63) is 58.8 Å². The second-order valence-electron chi connectivity index (χ2n) is 4.86. The lowest BCUT2D eigenvalue weighted by atomic mass is 10.1. The van der Waals surface area contributed by atoms with Crippen molar-refractivity contribution in [3.63, 3.8) is 0 Å². The van der Waals surface area contributed by atoms with E-state index in [4.69, 9.17) is 0 Å². The first kappa shape index (κ1) is 15.7. The monoisotopic (exact) mass is 347 g/mol. The number of carbonyl (C=O) groups is 1. The standard InChI is InChI=1S/C16H18BrN3O/c1-11(13-7-9-18-10-8-13)19-12(2)16(21)20-15-6-4-3-5-14(15)17/h3-12,19H,1-2H3,(H,20,21)/t11-,12+/m1/s1. The van der Waals surface area contributed by atoms with Crippen LogP contribution in [-0.4, -0.2) is 16.9 Å². The van der Waals surface area contributed by atoms with Crippen LogP contribution >= 0.6 is 15.9 Å². The van der Waals surface area contributed by atoms with Gasteiger partial charge in [0.25, 0.3) is 0 Å². The maximum absolute atomic E-state index is 12.2. The number of benzene rings is 1. The molecule has 0 bridgehead atoms. The van der Waals surface area contributed by atoms with Crippen molar-refractivity contribution < 1.29 is 4.79 Å². The van der Waals surface area contributed by atoms with Gasteiger partial charge < -0.3 is 5.32 Å². The second kappa shape index (κ2) is 7.33. The molecule has 0 spiro atoms. The van der Waals surface area contributed by atoms with Gasteiger partial charge in [0.15, 0.2) is 0 Å². The Labute approximate surface area is 133 Å². The normalized spacial score (nSPS) is 13.5. The summed E-state index contributed by atoms with van der Waals surface area (Å²) in [6.07, 6.45) is 3.50. The van der Waals surface area contributed by atoms with Crippen molar-refractivity contribution in [2.45, 2.75) is 25.9 Å². The van der Waals surface area contributed by atoms with Gasteiger partial charge in [-0.1, -0.05) is 12.1 Å². The molecule has 2 N–H and O–H groups in total. The molecular weight excluding hydrogens is 330 g/mol. The molecule has 1 amide bonds. The van der Waals surface area contributed by atoms with E-state index in [9.17, 15) is 4.79 Å². The summed E-state index contributed by atoms with van der Waals surface area (Å²) in [6.45, 7) is 3.88. The van der Waals surface area contributed by atoms with E-state index in [-0.39, 0.29) is 18.0 Å². The van der Waals surface area contributed by atoms with Gasteiger partial charge in [0.05, 0.1) is 11.7 Å². The number of aromatic nitrogens is 1. The summed E-state index contributed by atoms with van der Waals surface area (Å²) >= 11 is 3.42. The minimum absolute atomic E-state index is 0.0668. The Bertz CT molecular complexity index is 603. The average molecular weight is 348 g/mol. The number of nitrogens with one attached hydrogen (secondary N) is 2.